The molecule has 0 aliphatic carbocycles. The summed E-state index contributed by atoms with van der Waals surface area (Å²) in [5, 5.41) is 8.19. The van der Waals surface area contributed by atoms with Crippen LogP contribution in [0, 0.1) is 0 Å². The van der Waals surface area contributed by atoms with Crippen LogP contribution in [0.25, 0.3) is 0 Å². The molecular weight excluding hydrogens is 310 g/mol. The Balaban J connectivity index is 1.79. The SMILES string of the molecule is CC[C@H](C)NC(=O)[C@@H](C)NC(=O)NCc1ccc2c(c1)OCCO2. The van der Waals surface area contributed by atoms with Crippen LogP contribution in [0.2, 0.25) is 0 Å². The number of amides is 3. The van der Waals surface area contributed by atoms with Gasteiger partial charge in [-0.3, -0.25) is 4.79 Å². The zero-order chi connectivity index (χ0) is 17.5. The first-order chi connectivity index (χ1) is 11.5. The second kappa shape index (κ2) is 8.42. The third-order valence-electron chi connectivity index (χ3n) is 3.80. The first kappa shape index (κ1) is 17.9. The van der Waals surface area contributed by atoms with E-state index in [0.717, 1.165) is 12.0 Å². The van der Waals surface area contributed by atoms with Gasteiger partial charge in [-0.25, -0.2) is 4.79 Å². The van der Waals surface area contributed by atoms with Gasteiger partial charge in [-0.1, -0.05) is 13.0 Å². The van der Waals surface area contributed by atoms with Gasteiger partial charge in [0, 0.05) is 12.6 Å². The standard InChI is InChI=1S/C17H25N3O4/c1-4-11(2)19-16(21)12(3)20-17(22)18-10-13-5-6-14-15(9-13)24-8-7-23-14/h5-6,9,11-12H,4,7-8,10H2,1-3H3,(H,19,21)(H2,18,20,22)/t11-,12+/m0/s1. The van der Waals surface area contributed by atoms with E-state index in [2.05, 4.69) is 16.0 Å². The normalized spacial score (nSPS) is 15.1. The third kappa shape index (κ3) is 5.04. The Hall–Kier alpha value is -2.44. The Kier molecular flexibility index (Phi) is 6.28. The minimum atomic E-state index is -0.598. The molecule has 0 fully saturated rings. The van der Waals surface area contributed by atoms with Gasteiger partial charge >= 0.3 is 6.03 Å². The molecule has 132 valence electrons. The number of hydrogen-bond acceptors (Lipinski definition) is 4. The monoisotopic (exact) mass is 335 g/mol. The predicted octanol–water partition coefficient (Wildman–Crippen LogP) is 1.56. The number of carbonyl (C=O) groups excluding carboxylic acids is 2. The van der Waals surface area contributed by atoms with E-state index in [4.69, 9.17) is 9.47 Å². The van der Waals surface area contributed by atoms with Crippen molar-refractivity contribution in [1.29, 1.82) is 0 Å². The summed E-state index contributed by atoms with van der Waals surface area (Å²) in [4.78, 5) is 23.8. The van der Waals surface area contributed by atoms with Crippen molar-refractivity contribution >= 4 is 11.9 Å². The molecule has 1 aliphatic heterocycles. The molecule has 1 heterocycles. The quantitative estimate of drug-likeness (QED) is 0.736. The van der Waals surface area contributed by atoms with Gasteiger partial charge in [0.25, 0.3) is 0 Å². The van der Waals surface area contributed by atoms with Crippen LogP contribution in [0.15, 0.2) is 18.2 Å². The lowest BCUT2D eigenvalue weighted by Crippen LogP contribution is -2.49. The first-order valence-electron chi connectivity index (χ1n) is 8.23. The number of fused-ring (bicyclic) bond motifs is 1. The maximum Gasteiger partial charge on any atom is 0.315 e. The van der Waals surface area contributed by atoms with Crippen molar-refractivity contribution in [2.75, 3.05) is 13.2 Å². The van der Waals surface area contributed by atoms with Gasteiger partial charge in [0.05, 0.1) is 0 Å². The van der Waals surface area contributed by atoms with Gasteiger partial charge in [0.2, 0.25) is 5.91 Å². The third-order valence-corrected chi connectivity index (χ3v) is 3.80. The maximum absolute atomic E-state index is 11.9. The van der Waals surface area contributed by atoms with E-state index < -0.39 is 12.1 Å². The van der Waals surface area contributed by atoms with Crippen molar-refractivity contribution in [3.05, 3.63) is 23.8 Å². The molecular formula is C17H25N3O4. The lowest BCUT2D eigenvalue weighted by Gasteiger charge is -2.19. The molecule has 24 heavy (non-hydrogen) atoms. The lowest BCUT2D eigenvalue weighted by molar-refractivity contribution is -0.123. The molecule has 1 aromatic rings. The molecule has 7 heteroatoms. The van der Waals surface area contributed by atoms with Gasteiger partial charge in [0.1, 0.15) is 19.3 Å². The molecule has 3 N–H and O–H groups in total. The Bertz CT molecular complexity index is 591. The van der Waals surface area contributed by atoms with Crippen LogP contribution in [-0.2, 0) is 11.3 Å². The van der Waals surface area contributed by atoms with E-state index in [1.54, 1.807) is 6.92 Å². The van der Waals surface area contributed by atoms with E-state index in [0.29, 0.717) is 31.3 Å². The topological polar surface area (TPSA) is 88.7 Å². The van der Waals surface area contributed by atoms with Crippen molar-refractivity contribution in [1.82, 2.24) is 16.0 Å². The Morgan fingerprint density at radius 3 is 2.54 bits per heavy atom. The fourth-order valence-electron chi connectivity index (χ4n) is 2.16. The summed E-state index contributed by atoms with van der Waals surface area (Å²) in [6.45, 7) is 6.97. The van der Waals surface area contributed by atoms with Crippen LogP contribution in [0.4, 0.5) is 4.79 Å². The summed E-state index contributed by atoms with van der Waals surface area (Å²) in [6.07, 6.45) is 0.842. The molecule has 2 rings (SSSR count). The minimum Gasteiger partial charge on any atom is -0.486 e. The van der Waals surface area contributed by atoms with Crippen molar-refractivity contribution in [2.24, 2.45) is 0 Å². The molecule has 0 unspecified atom stereocenters. The van der Waals surface area contributed by atoms with E-state index in [1.807, 2.05) is 32.0 Å². The van der Waals surface area contributed by atoms with Crippen molar-refractivity contribution in [3.63, 3.8) is 0 Å². The summed E-state index contributed by atoms with van der Waals surface area (Å²) in [6, 6.07) is 4.63. The molecule has 1 aliphatic rings. The molecule has 3 amide bonds. The first-order valence-corrected chi connectivity index (χ1v) is 8.23. The van der Waals surface area contributed by atoms with Crippen LogP contribution in [0.5, 0.6) is 11.5 Å². The van der Waals surface area contributed by atoms with Crippen LogP contribution < -0.4 is 25.4 Å². The maximum atomic E-state index is 11.9. The van der Waals surface area contributed by atoms with Crippen LogP contribution in [-0.4, -0.2) is 37.2 Å². The molecule has 0 radical (unpaired) electrons. The molecule has 1 aromatic carbocycles. The van der Waals surface area contributed by atoms with Gasteiger partial charge in [-0.05, 0) is 38.0 Å². The fourth-order valence-corrected chi connectivity index (χ4v) is 2.16. The highest BCUT2D eigenvalue weighted by Gasteiger charge is 2.17. The van der Waals surface area contributed by atoms with E-state index in [-0.39, 0.29) is 11.9 Å². The average molecular weight is 335 g/mol. The highest BCUT2D eigenvalue weighted by Crippen LogP contribution is 2.30. The fraction of sp³-hybridized carbons (Fsp3) is 0.529. The average Bonchev–Trinajstić information content (AvgIpc) is 2.59. The largest absolute Gasteiger partial charge is 0.486 e. The predicted molar refractivity (Wildman–Crippen MR) is 90.2 cm³/mol. The summed E-state index contributed by atoms with van der Waals surface area (Å²) in [7, 11) is 0. The summed E-state index contributed by atoms with van der Waals surface area (Å²) in [5.41, 5.74) is 0.895. The molecule has 0 spiro atoms. The molecule has 0 saturated heterocycles. The number of benzene rings is 1. The molecule has 7 nitrogen and oxygen atoms in total. The smallest absolute Gasteiger partial charge is 0.315 e. The Morgan fingerprint density at radius 1 is 1.12 bits per heavy atom. The molecule has 0 aromatic heterocycles. The number of carbonyl (C=O) groups is 2. The number of nitrogens with one attached hydrogen (secondary N) is 3. The zero-order valence-electron chi connectivity index (χ0n) is 14.3. The number of hydrogen-bond donors (Lipinski definition) is 3. The van der Waals surface area contributed by atoms with Crippen molar-refractivity contribution in [2.45, 2.75) is 45.8 Å². The van der Waals surface area contributed by atoms with Crippen LogP contribution in [0.1, 0.15) is 32.8 Å². The highest BCUT2D eigenvalue weighted by atomic mass is 16.6. The number of urea groups is 1. The van der Waals surface area contributed by atoms with Gasteiger partial charge in [0.15, 0.2) is 11.5 Å². The highest BCUT2D eigenvalue weighted by molar-refractivity contribution is 5.86. The Morgan fingerprint density at radius 2 is 1.83 bits per heavy atom. The van der Waals surface area contributed by atoms with Gasteiger partial charge in [-0.15, -0.1) is 0 Å². The summed E-state index contributed by atoms with van der Waals surface area (Å²) in [5.74, 6) is 1.20. The minimum absolute atomic E-state index is 0.0857. The van der Waals surface area contributed by atoms with E-state index >= 15 is 0 Å². The van der Waals surface area contributed by atoms with Crippen molar-refractivity contribution in [3.8, 4) is 11.5 Å². The summed E-state index contributed by atoms with van der Waals surface area (Å²) >= 11 is 0. The molecule has 0 bridgehead atoms. The van der Waals surface area contributed by atoms with Crippen LogP contribution >= 0.6 is 0 Å². The molecule has 0 saturated carbocycles. The van der Waals surface area contributed by atoms with E-state index in [1.165, 1.54) is 0 Å². The van der Waals surface area contributed by atoms with Gasteiger partial charge < -0.3 is 25.4 Å². The lowest BCUT2D eigenvalue weighted by atomic mass is 10.2. The van der Waals surface area contributed by atoms with Crippen LogP contribution in [0.3, 0.4) is 0 Å². The number of rotatable bonds is 6. The second-order valence-electron chi connectivity index (χ2n) is 5.84. The zero-order valence-corrected chi connectivity index (χ0v) is 14.3. The molecule has 2 atom stereocenters. The second-order valence-corrected chi connectivity index (χ2v) is 5.84. The van der Waals surface area contributed by atoms with Gasteiger partial charge in [-0.2, -0.15) is 0 Å². The number of ether oxygens (including phenoxy) is 2. The van der Waals surface area contributed by atoms with E-state index in [9.17, 15) is 9.59 Å². The summed E-state index contributed by atoms with van der Waals surface area (Å²) < 4.78 is 11.0. The van der Waals surface area contributed by atoms with Crippen molar-refractivity contribution < 1.29 is 19.1 Å². The Labute approximate surface area is 142 Å².